The lowest BCUT2D eigenvalue weighted by Crippen LogP contribution is -2.30. The molecule has 0 aliphatic heterocycles. The molecule has 1 aromatic carbocycles. The molecule has 0 saturated carbocycles. The van der Waals surface area contributed by atoms with Crippen molar-refractivity contribution in [1.82, 2.24) is 15.0 Å². The van der Waals surface area contributed by atoms with Gasteiger partial charge < -0.3 is 0 Å². The van der Waals surface area contributed by atoms with E-state index in [1.807, 2.05) is 16.9 Å². The molecule has 136 valence electrons. The maximum Gasteiger partial charge on any atom is 0.418 e. The summed E-state index contributed by atoms with van der Waals surface area (Å²) < 4.78 is 40.9. The molecular formula is C17H15F3N4OS. The molecule has 1 amide bonds. The first-order valence-electron chi connectivity index (χ1n) is 7.60. The van der Waals surface area contributed by atoms with Crippen LogP contribution in [0, 0.1) is 13.8 Å². The van der Waals surface area contributed by atoms with Crippen molar-refractivity contribution in [2.75, 3.05) is 5.43 Å². The summed E-state index contributed by atoms with van der Waals surface area (Å²) in [6.45, 7) is 3.59. The summed E-state index contributed by atoms with van der Waals surface area (Å²) >= 11 is 1.42. The molecule has 0 bridgehead atoms. The fourth-order valence-corrected chi connectivity index (χ4v) is 3.40. The summed E-state index contributed by atoms with van der Waals surface area (Å²) in [5.74, 6) is -0.530. The second-order valence-corrected chi connectivity index (χ2v) is 6.43. The number of hydrazine groups is 1. The number of halogens is 3. The van der Waals surface area contributed by atoms with Crippen LogP contribution in [0.15, 0.2) is 41.9 Å². The van der Waals surface area contributed by atoms with Crippen molar-refractivity contribution in [1.29, 1.82) is 0 Å². The number of aromatic nitrogens is 2. The molecule has 0 fully saturated rings. The van der Waals surface area contributed by atoms with Crippen LogP contribution in [0.5, 0.6) is 0 Å². The van der Waals surface area contributed by atoms with E-state index in [0.29, 0.717) is 11.3 Å². The quantitative estimate of drug-likeness (QED) is 0.663. The largest absolute Gasteiger partial charge is 0.418 e. The number of carbonyl (C=O) groups is 1. The number of hydrogen-bond acceptors (Lipinski definition) is 4. The van der Waals surface area contributed by atoms with Gasteiger partial charge in [0.2, 0.25) is 0 Å². The Hall–Kier alpha value is -2.81. The smallest absolute Gasteiger partial charge is 0.298 e. The van der Waals surface area contributed by atoms with Crippen molar-refractivity contribution in [3.8, 4) is 5.13 Å². The molecule has 9 heteroatoms. The number of hydrogen-bond donors (Lipinski definition) is 2. The minimum atomic E-state index is -4.52. The molecule has 2 N–H and O–H groups in total. The standard InChI is InChI=1S/C17H15F3N4OS/c1-10-9-12(11(2)24(10)16-21-7-8-26-16)15(25)23-22-14-6-4-3-5-13(14)17(18,19)20/h3-9,22H,1-2H3,(H,23,25). The number of rotatable bonds is 4. The van der Waals surface area contributed by atoms with Gasteiger partial charge in [-0.1, -0.05) is 12.1 Å². The highest BCUT2D eigenvalue weighted by Gasteiger charge is 2.33. The lowest BCUT2D eigenvalue weighted by Gasteiger charge is -2.15. The molecule has 3 aromatic rings. The highest BCUT2D eigenvalue weighted by atomic mass is 32.1. The first-order chi connectivity index (χ1) is 12.3. The summed E-state index contributed by atoms with van der Waals surface area (Å²) in [4.78, 5) is 16.7. The summed E-state index contributed by atoms with van der Waals surface area (Å²) in [5.41, 5.74) is 5.44. The van der Waals surface area contributed by atoms with Gasteiger partial charge in [0, 0.05) is 23.0 Å². The molecular weight excluding hydrogens is 365 g/mol. The van der Waals surface area contributed by atoms with Crippen molar-refractivity contribution in [2.24, 2.45) is 0 Å². The van der Waals surface area contributed by atoms with E-state index in [0.717, 1.165) is 16.9 Å². The zero-order chi connectivity index (χ0) is 18.9. The molecule has 0 aliphatic rings. The molecule has 0 saturated heterocycles. The zero-order valence-corrected chi connectivity index (χ0v) is 14.7. The predicted molar refractivity (Wildman–Crippen MR) is 93.4 cm³/mol. The first-order valence-corrected chi connectivity index (χ1v) is 8.48. The van der Waals surface area contributed by atoms with Crippen LogP contribution in [-0.4, -0.2) is 15.5 Å². The number of nitrogens with one attached hydrogen (secondary N) is 2. The lowest BCUT2D eigenvalue weighted by molar-refractivity contribution is -0.137. The molecule has 0 radical (unpaired) electrons. The van der Waals surface area contributed by atoms with Gasteiger partial charge in [0.15, 0.2) is 5.13 Å². The van der Waals surface area contributed by atoms with E-state index in [2.05, 4.69) is 15.8 Å². The maximum atomic E-state index is 13.0. The minimum absolute atomic E-state index is 0.220. The fourth-order valence-electron chi connectivity index (χ4n) is 2.64. The molecule has 0 aliphatic carbocycles. The third-order valence-corrected chi connectivity index (χ3v) is 4.59. The lowest BCUT2D eigenvalue weighted by atomic mass is 10.2. The zero-order valence-electron chi connectivity index (χ0n) is 13.9. The number of thiazole rings is 1. The predicted octanol–water partition coefficient (Wildman–Crippen LogP) is 4.33. The van der Waals surface area contributed by atoms with Crippen LogP contribution < -0.4 is 10.9 Å². The van der Waals surface area contributed by atoms with Crippen LogP contribution in [-0.2, 0) is 6.18 Å². The fraction of sp³-hybridized carbons (Fsp3) is 0.176. The SMILES string of the molecule is Cc1cc(C(=O)NNc2ccccc2C(F)(F)F)c(C)n1-c1nccs1. The Morgan fingerprint density at radius 1 is 1.23 bits per heavy atom. The Bertz CT molecular complexity index is 932. The number of nitrogens with zero attached hydrogens (tertiary/aromatic N) is 2. The second kappa shape index (κ2) is 6.83. The highest BCUT2D eigenvalue weighted by Crippen LogP contribution is 2.34. The maximum absolute atomic E-state index is 13.0. The molecule has 3 rings (SSSR count). The Morgan fingerprint density at radius 2 is 1.96 bits per heavy atom. The van der Waals surface area contributed by atoms with Gasteiger partial charge in [-0.3, -0.25) is 20.2 Å². The van der Waals surface area contributed by atoms with Crippen LogP contribution in [0.1, 0.15) is 27.3 Å². The van der Waals surface area contributed by atoms with Crippen LogP contribution in [0.2, 0.25) is 0 Å². The van der Waals surface area contributed by atoms with Crippen molar-refractivity contribution in [2.45, 2.75) is 20.0 Å². The average Bonchev–Trinajstić information content (AvgIpc) is 3.20. The average molecular weight is 380 g/mol. The van der Waals surface area contributed by atoms with E-state index >= 15 is 0 Å². The molecule has 26 heavy (non-hydrogen) atoms. The number of aryl methyl sites for hydroxylation is 1. The van der Waals surface area contributed by atoms with E-state index in [1.54, 1.807) is 19.2 Å². The van der Waals surface area contributed by atoms with Gasteiger partial charge in [0.05, 0.1) is 16.8 Å². The van der Waals surface area contributed by atoms with E-state index in [-0.39, 0.29) is 5.69 Å². The Morgan fingerprint density at radius 3 is 2.62 bits per heavy atom. The summed E-state index contributed by atoms with van der Waals surface area (Å²) in [7, 11) is 0. The van der Waals surface area contributed by atoms with Gasteiger partial charge >= 0.3 is 6.18 Å². The first kappa shape index (κ1) is 18.0. The summed E-state index contributed by atoms with van der Waals surface area (Å²) in [6, 6.07) is 6.61. The number of amides is 1. The Labute approximate surface area is 151 Å². The van der Waals surface area contributed by atoms with Gasteiger partial charge in [-0.05, 0) is 32.0 Å². The van der Waals surface area contributed by atoms with Gasteiger partial charge in [0.1, 0.15) is 0 Å². The van der Waals surface area contributed by atoms with Gasteiger partial charge in [-0.25, -0.2) is 4.98 Å². The van der Waals surface area contributed by atoms with Gasteiger partial charge in [-0.2, -0.15) is 13.2 Å². The minimum Gasteiger partial charge on any atom is -0.298 e. The van der Waals surface area contributed by atoms with E-state index < -0.39 is 17.6 Å². The third kappa shape index (κ3) is 3.43. The van der Waals surface area contributed by atoms with Gasteiger partial charge in [0.25, 0.3) is 5.91 Å². The van der Waals surface area contributed by atoms with Crippen molar-refractivity contribution >= 4 is 22.9 Å². The number of benzene rings is 1. The van der Waals surface area contributed by atoms with E-state index in [1.165, 1.54) is 29.5 Å². The van der Waals surface area contributed by atoms with Crippen LogP contribution in [0.4, 0.5) is 18.9 Å². The number of alkyl halides is 3. The summed E-state index contributed by atoms with van der Waals surface area (Å²) in [6.07, 6.45) is -2.86. The molecule has 2 aromatic heterocycles. The van der Waals surface area contributed by atoms with E-state index in [4.69, 9.17) is 0 Å². The Kier molecular flexibility index (Phi) is 4.73. The molecule has 0 atom stereocenters. The topological polar surface area (TPSA) is 59.0 Å². The van der Waals surface area contributed by atoms with Gasteiger partial charge in [-0.15, -0.1) is 11.3 Å². The molecule has 0 spiro atoms. The van der Waals surface area contributed by atoms with Crippen molar-refractivity contribution < 1.29 is 18.0 Å². The summed E-state index contributed by atoms with van der Waals surface area (Å²) in [5, 5.41) is 2.54. The van der Waals surface area contributed by atoms with Crippen LogP contribution >= 0.6 is 11.3 Å². The number of carbonyl (C=O) groups excluding carboxylic acids is 1. The van der Waals surface area contributed by atoms with E-state index in [9.17, 15) is 18.0 Å². The molecule has 5 nitrogen and oxygen atoms in total. The Balaban J connectivity index is 1.82. The molecule has 2 heterocycles. The normalized spacial score (nSPS) is 11.4. The highest BCUT2D eigenvalue weighted by molar-refractivity contribution is 7.12. The monoisotopic (exact) mass is 380 g/mol. The second-order valence-electron chi connectivity index (χ2n) is 5.56. The number of para-hydroxylation sites is 1. The van der Waals surface area contributed by atoms with Crippen molar-refractivity contribution in [3.05, 3.63) is 64.4 Å². The number of anilines is 1. The van der Waals surface area contributed by atoms with Crippen molar-refractivity contribution in [3.63, 3.8) is 0 Å². The van der Waals surface area contributed by atoms with Crippen LogP contribution in [0.3, 0.4) is 0 Å². The molecule has 0 unspecified atom stereocenters. The van der Waals surface area contributed by atoms with Crippen LogP contribution in [0.25, 0.3) is 5.13 Å². The third-order valence-electron chi connectivity index (χ3n) is 3.83.